The molecule has 12 aromatic rings. The van der Waals surface area contributed by atoms with E-state index in [4.69, 9.17) is 0 Å². The van der Waals surface area contributed by atoms with E-state index in [1.807, 2.05) is 0 Å². The Hall–Kier alpha value is -8.46. The lowest BCUT2D eigenvalue weighted by Gasteiger charge is -2.28. The van der Waals surface area contributed by atoms with Crippen molar-refractivity contribution in [3.63, 3.8) is 0 Å². The van der Waals surface area contributed by atoms with Gasteiger partial charge in [0.15, 0.2) is 0 Å². The topological polar surface area (TPSA) is 8.17 Å². The van der Waals surface area contributed by atoms with Crippen LogP contribution in [0.3, 0.4) is 0 Å². The number of fused-ring (bicyclic) bond motifs is 9. The van der Waals surface area contributed by atoms with Crippen molar-refractivity contribution in [1.82, 2.24) is 4.57 Å². The van der Waals surface area contributed by atoms with E-state index in [0.29, 0.717) is 0 Å². The van der Waals surface area contributed by atoms with Gasteiger partial charge in [-0.2, -0.15) is 0 Å². The molecule has 0 fully saturated rings. The minimum Gasteiger partial charge on any atom is -0.310 e. The Morgan fingerprint density at radius 3 is 1.70 bits per heavy atom. The largest absolute Gasteiger partial charge is 0.310 e. The summed E-state index contributed by atoms with van der Waals surface area (Å²) in [7, 11) is 0. The standard InChI is InChI=1S/C65H46N2/c1-65(2)60-41-45(43-18-5-3-6-19-43)34-38-54(60)55-39-37-49(42-61(55)65)66(47-21-7-4-8-22-47)48-35-32-44(33-36-48)51-24-13-15-30-62(51)67-63-31-16-14-27-56(63)57-28-17-29-58(64(57)67)59-40-46-20-9-10-23-50(46)52-25-11-12-26-53(52)59/h3-42H,1-2H3. The first-order valence-electron chi connectivity index (χ1n) is 23.3. The number of para-hydroxylation sites is 4. The Kier molecular flexibility index (Phi) is 8.91. The highest BCUT2D eigenvalue weighted by Crippen LogP contribution is 2.52. The van der Waals surface area contributed by atoms with E-state index in [2.05, 4.69) is 266 Å². The van der Waals surface area contributed by atoms with E-state index in [-0.39, 0.29) is 5.41 Å². The molecule has 1 heterocycles. The van der Waals surface area contributed by atoms with Crippen LogP contribution >= 0.6 is 0 Å². The highest BCUT2D eigenvalue weighted by molar-refractivity contribution is 6.19. The molecule has 0 N–H and O–H groups in total. The second-order valence-electron chi connectivity index (χ2n) is 18.5. The average Bonchev–Trinajstić information content (AvgIpc) is 3.84. The maximum atomic E-state index is 2.51. The number of anilines is 3. The van der Waals surface area contributed by atoms with Crippen LogP contribution in [0.4, 0.5) is 17.1 Å². The quantitative estimate of drug-likeness (QED) is 0.145. The van der Waals surface area contributed by atoms with Gasteiger partial charge in [0.25, 0.3) is 0 Å². The summed E-state index contributed by atoms with van der Waals surface area (Å²) in [6, 6.07) is 89.4. The van der Waals surface area contributed by atoms with Crippen LogP contribution in [-0.2, 0) is 5.41 Å². The molecule has 0 spiro atoms. The molecular formula is C65H46N2. The third-order valence-electron chi connectivity index (χ3n) is 14.4. The summed E-state index contributed by atoms with van der Waals surface area (Å²) in [4.78, 5) is 2.40. The molecule has 2 nitrogen and oxygen atoms in total. The van der Waals surface area contributed by atoms with Gasteiger partial charge in [0.2, 0.25) is 0 Å². The highest BCUT2D eigenvalue weighted by atomic mass is 15.1. The van der Waals surface area contributed by atoms with Crippen LogP contribution in [0.1, 0.15) is 25.0 Å². The van der Waals surface area contributed by atoms with Crippen LogP contribution in [0.5, 0.6) is 0 Å². The molecule has 0 bridgehead atoms. The van der Waals surface area contributed by atoms with E-state index >= 15 is 0 Å². The lowest BCUT2D eigenvalue weighted by atomic mass is 9.81. The lowest BCUT2D eigenvalue weighted by Crippen LogP contribution is -2.16. The van der Waals surface area contributed by atoms with Gasteiger partial charge in [-0.1, -0.05) is 196 Å². The maximum Gasteiger partial charge on any atom is 0.0619 e. The van der Waals surface area contributed by atoms with E-state index < -0.39 is 0 Å². The molecule has 0 radical (unpaired) electrons. The van der Waals surface area contributed by atoms with Gasteiger partial charge >= 0.3 is 0 Å². The minimum absolute atomic E-state index is 0.171. The number of hydrogen-bond acceptors (Lipinski definition) is 1. The third kappa shape index (κ3) is 6.18. The lowest BCUT2D eigenvalue weighted by molar-refractivity contribution is 0.660. The Bertz CT molecular complexity index is 3880. The van der Waals surface area contributed by atoms with Gasteiger partial charge in [0, 0.05) is 44.4 Å². The summed E-state index contributed by atoms with van der Waals surface area (Å²) < 4.78 is 2.51. The summed E-state index contributed by atoms with van der Waals surface area (Å²) >= 11 is 0. The number of benzene rings is 11. The summed E-state index contributed by atoms with van der Waals surface area (Å²) in [6.45, 7) is 4.75. The summed E-state index contributed by atoms with van der Waals surface area (Å²) in [5.74, 6) is 0. The first kappa shape index (κ1) is 39.0. The molecule has 0 saturated heterocycles. The van der Waals surface area contributed by atoms with Crippen molar-refractivity contribution in [3.05, 3.63) is 254 Å². The molecule has 0 amide bonds. The van der Waals surface area contributed by atoms with E-state index in [9.17, 15) is 0 Å². The van der Waals surface area contributed by atoms with Crippen LogP contribution in [0.15, 0.2) is 243 Å². The van der Waals surface area contributed by atoms with Crippen molar-refractivity contribution in [2.24, 2.45) is 0 Å². The van der Waals surface area contributed by atoms with Gasteiger partial charge in [-0.15, -0.1) is 0 Å². The molecule has 13 rings (SSSR count). The maximum absolute atomic E-state index is 2.51. The van der Waals surface area contributed by atoms with Crippen LogP contribution in [0.2, 0.25) is 0 Å². The predicted octanol–water partition coefficient (Wildman–Crippen LogP) is 17.9. The first-order chi connectivity index (χ1) is 33.0. The smallest absolute Gasteiger partial charge is 0.0619 e. The van der Waals surface area contributed by atoms with Gasteiger partial charge in [0.1, 0.15) is 0 Å². The van der Waals surface area contributed by atoms with Crippen molar-refractivity contribution in [1.29, 1.82) is 0 Å². The molecule has 1 aliphatic carbocycles. The monoisotopic (exact) mass is 854 g/mol. The fraction of sp³-hybridized carbons (Fsp3) is 0.0462. The Balaban J connectivity index is 0.937. The van der Waals surface area contributed by atoms with Crippen molar-refractivity contribution in [2.75, 3.05) is 4.90 Å². The number of hydrogen-bond donors (Lipinski definition) is 0. The summed E-state index contributed by atoms with van der Waals surface area (Å²) in [5.41, 5.74) is 19.4. The molecule has 0 unspecified atom stereocenters. The van der Waals surface area contributed by atoms with Gasteiger partial charge in [-0.3, -0.25) is 0 Å². The zero-order valence-electron chi connectivity index (χ0n) is 37.5. The first-order valence-corrected chi connectivity index (χ1v) is 23.3. The van der Waals surface area contributed by atoms with Gasteiger partial charge in [-0.25, -0.2) is 0 Å². The van der Waals surface area contributed by atoms with Gasteiger partial charge in [-0.05, 0) is 127 Å². The van der Waals surface area contributed by atoms with Gasteiger partial charge < -0.3 is 9.47 Å². The zero-order valence-corrected chi connectivity index (χ0v) is 37.5. The van der Waals surface area contributed by atoms with Crippen LogP contribution in [-0.4, -0.2) is 4.57 Å². The molecule has 1 aliphatic rings. The molecule has 2 heteroatoms. The fourth-order valence-corrected chi connectivity index (χ4v) is 11.2. The molecule has 0 saturated carbocycles. The Morgan fingerprint density at radius 2 is 0.896 bits per heavy atom. The van der Waals surface area contributed by atoms with Crippen molar-refractivity contribution in [2.45, 2.75) is 19.3 Å². The zero-order chi connectivity index (χ0) is 44.6. The highest BCUT2D eigenvalue weighted by Gasteiger charge is 2.36. The number of nitrogens with zero attached hydrogens (tertiary/aromatic N) is 2. The van der Waals surface area contributed by atoms with Gasteiger partial charge in [0.05, 0.1) is 16.7 Å². The SMILES string of the molecule is CC1(C)c2cc(-c3ccccc3)ccc2-c2ccc(N(c3ccccc3)c3ccc(-c4ccccc4-n4c5ccccc5c5cccc(-c6cc7ccccc7c7ccccc67)c54)cc3)cc21. The van der Waals surface area contributed by atoms with Crippen molar-refractivity contribution >= 4 is 60.4 Å². The Morgan fingerprint density at radius 1 is 0.328 bits per heavy atom. The van der Waals surface area contributed by atoms with E-state index in [1.54, 1.807) is 0 Å². The normalized spacial score (nSPS) is 12.7. The fourth-order valence-electron chi connectivity index (χ4n) is 11.2. The molecule has 0 atom stereocenters. The van der Waals surface area contributed by atoms with Crippen LogP contribution < -0.4 is 4.90 Å². The molecular weight excluding hydrogens is 809 g/mol. The molecule has 1 aromatic heterocycles. The Labute approximate surface area is 391 Å². The van der Waals surface area contributed by atoms with Crippen molar-refractivity contribution < 1.29 is 0 Å². The minimum atomic E-state index is -0.171. The average molecular weight is 855 g/mol. The van der Waals surface area contributed by atoms with Crippen LogP contribution in [0.25, 0.3) is 93.5 Å². The van der Waals surface area contributed by atoms with Crippen molar-refractivity contribution in [3.8, 4) is 50.2 Å². The van der Waals surface area contributed by atoms with E-state index in [1.165, 1.54) is 93.4 Å². The third-order valence-corrected chi connectivity index (χ3v) is 14.4. The molecule has 67 heavy (non-hydrogen) atoms. The number of aromatic nitrogens is 1. The second-order valence-corrected chi connectivity index (χ2v) is 18.5. The second kappa shape index (κ2) is 15.3. The molecule has 11 aromatic carbocycles. The predicted molar refractivity (Wildman–Crippen MR) is 284 cm³/mol. The number of rotatable bonds is 7. The summed E-state index contributed by atoms with van der Waals surface area (Å²) in [5, 5.41) is 7.53. The molecule has 0 aliphatic heterocycles. The molecule has 316 valence electrons. The van der Waals surface area contributed by atoms with E-state index in [0.717, 1.165) is 28.3 Å². The van der Waals surface area contributed by atoms with Crippen LogP contribution in [0, 0.1) is 0 Å². The summed E-state index contributed by atoms with van der Waals surface area (Å²) in [6.07, 6.45) is 0.